The molecular weight excluding hydrogens is 686 g/mol. The summed E-state index contributed by atoms with van der Waals surface area (Å²) in [5, 5.41) is 0. The van der Waals surface area contributed by atoms with Crippen molar-refractivity contribution in [3.05, 3.63) is 155 Å². The molecule has 274 valence electrons. The number of fused-ring (bicyclic) bond motifs is 3. The molecule has 0 atom stereocenters. The number of para-hydroxylation sites is 2. The fraction of sp³-hybridized carbons (Fsp3) is 0.289. The number of halogens is 6. The van der Waals surface area contributed by atoms with E-state index in [1.807, 2.05) is 60.7 Å². The molecule has 7 rings (SSSR count). The molecule has 8 heteroatoms. The van der Waals surface area contributed by atoms with Crippen molar-refractivity contribution in [1.29, 1.82) is 0 Å². The van der Waals surface area contributed by atoms with Crippen molar-refractivity contribution in [2.45, 2.75) is 82.0 Å². The first kappa shape index (κ1) is 36.4. The molecule has 0 spiro atoms. The fourth-order valence-electron chi connectivity index (χ4n) is 8.12. The molecule has 2 nitrogen and oxygen atoms in total. The Morgan fingerprint density at radius 3 is 1.53 bits per heavy atom. The highest BCUT2D eigenvalue weighted by Crippen LogP contribution is 2.61. The molecule has 4 aromatic rings. The largest absolute Gasteiger partial charge is 0.452 e. The zero-order valence-electron chi connectivity index (χ0n) is 29.6. The number of alkyl halides is 6. The molecule has 0 saturated carbocycles. The van der Waals surface area contributed by atoms with Crippen LogP contribution in [0.1, 0.15) is 85.8 Å². The lowest BCUT2D eigenvalue weighted by atomic mass is 9.65. The van der Waals surface area contributed by atoms with Crippen LogP contribution in [0.15, 0.2) is 121 Å². The number of hydrogen-bond acceptors (Lipinski definition) is 2. The summed E-state index contributed by atoms with van der Waals surface area (Å²) in [6.07, 6.45) is 11.6. The second-order valence-electron chi connectivity index (χ2n) is 14.0. The first-order chi connectivity index (χ1) is 25.4. The normalized spacial score (nSPS) is 16.3. The zero-order valence-corrected chi connectivity index (χ0v) is 29.6. The Morgan fingerprint density at radius 1 is 0.566 bits per heavy atom. The standard InChI is InChI=1S/C45H40F6O2/c1-3-5-23-42(25-13-14-26-42)38-37-31-18-8-7-17-30(31)29-32(37)40(52-35-21-11-9-19-33(35)44(46,47)48)41(39(38)43(24-6-4-2)27-15-16-28-43)53-36-22-12-10-20-34(36)45(49,50)51/h7-22,25-28H,3-6,23-24,29H2,1-2H3. The Morgan fingerprint density at radius 2 is 1.02 bits per heavy atom. The first-order valence-corrected chi connectivity index (χ1v) is 18.2. The Kier molecular flexibility index (Phi) is 9.68. The molecule has 0 unspecified atom stereocenters. The second-order valence-corrected chi connectivity index (χ2v) is 14.0. The fourth-order valence-corrected chi connectivity index (χ4v) is 8.12. The third-order valence-electron chi connectivity index (χ3n) is 10.6. The van der Waals surface area contributed by atoms with E-state index < -0.39 is 45.8 Å². The number of allylic oxidation sites excluding steroid dienone is 8. The summed E-state index contributed by atoms with van der Waals surface area (Å²) >= 11 is 0. The lowest BCUT2D eigenvalue weighted by Crippen LogP contribution is -2.30. The molecule has 0 amide bonds. The molecule has 53 heavy (non-hydrogen) atoms. The van der Waals surface area contributed by atoms with Crippen molar-refractivity contribution < 1.29 is 35.8 Å². The van der Waals surface area contributed by atoms with Gasteiger partial charge < -0.3 is 9.47 Å². The smallest absolute Gasteiger partial charge is 0.419 e. The van der Waals surface area contributed by atoms with Crippen LogP contribution in [0.2, 0.25) is 0 Å². The van der Waals surface area contributed by atoms with Gasteiger partial charge in [0.15, 0.2) is 11.5 Å². The predicted octanol–water partition coefficient (Wildman–Crippen LogP) is 14.0. The van der Waals surface area contributed by atoms with Gasteiger partial charge in [0, 0.05) is 28.4 Å². The van der Waals surface area contributed by atoms with E-state index in [0.717, 1.165) is 60.1 Å². The van der Waals surface area contributed by atoms with Crippen LogP contribution in [0.3, 0.4) is 0 Å². The minimum Gasteiger partial charge on any atom is -0.452 e. The van der Waals surface area contributed by atoms with Crippen LogP contribution >= 0.6 is 0 Å². The van der Waals surface area contributed by atoms with E-state index in [1.54, 1.807) is 0 Å². The third-order valence-corrected chi connectivity index (χ3v) is 10.6. The highest BCUT2D eigenvalue weighted by atomic mass is 19.4. The molecule has 0 radical (unpaired) electrons. The van der Waals surface area contributed by atoms with E-state index in [9.17, 15) is 26.3 Å². The van der Waals surface area contributed by atoms with Crippen LogP contribution in [0.4, 0.5) is 26.3 Å². The van der Waals surface area contributed by atoms with Crippen LogP contribution in [0.5, 0.6) is 23.0 Å². The molecule has 0 aromatic heterocycles. The molecule has 0 saturated heterocycles. The minimum absolute atomic E-state index is 0.0166. The molecule has 3 aliphatic carbocycles. The topological polar surface area (TPSA) is 18.5 Å². The van der Waals surface area contributed by atoms with E-state index in [0.29, 0.717) is 24.0 Å². The molecule has 0 heterocycles. The van der Waals surface area contributed by atoms with Crippen molar-refractivity contribution in [3.63, 3.8) is 0 Å². The zero-order chi connectivity index (χ0) is 37.4. The molecule has 0 fully saturated rings. The molecular formula is C45H40F6O2. The maximum absolute atomic E-state index is 14.7. The molecule has 0 N–H and O–H groups in total. The van der Waals surface area contributed by atoms with Gasteiger partial charge in [0.05, 0.1) is 11.1 Å². The van der Waals surface area contributed by atoms with Gasteiger partial charge in [0.25, 0.3) is 0 Å². The van der Waals surface area contributed by atoms with Gasteiger partial charge in [-0.05, 0) is 59.4 Å². The van der Waals surface area contributed by atoms with Gasteiger partial charge in [-0.25, -0.2) is 0 Å². The quantitative estimate of drug-likeness (QED) is 0.119. The van der Waals surface area contributed by atoms with Crippen LogP contribution in [0, 0.1) is 0 Å². The van der Waals surface area contributed by atoms with Crippen molar-refractivity contribution >= 4 is 0 Å². The van der Waals surface area contributed by atoms with E-state index >= 15 is 0 Å². The summed E-state index contributed by atoms with van der Waals surface area (Å²) < 4.78 is 101. The second kappa shape index (κ2) is 14.1. The van der Waals surface area contributed by atoms with Gasteiger partial charge in [-0.2, -0.15) is 26.3 Å². The van der Waals surface area contributed by atoms with Gasteiger partial charge in [-0.1, -0.05) is 137 Å². The van der Waals surface area contributed by atoms with E-state index in [1.165, 1.54) is 36.4 Å². The summed E-state index contributed by atoms with van der Waals surface area (Å²) in [4.78, 5) is 0. The maximum atomic E-state index is 14.7. The Labute approximate surface area is 306 Å². The van der Waals surface area contributed by atoms with Crippen LogP contribution in [-0.2, 0) is 29.6 Å². The summed E-state index contributed by atoms with van der Waals surface area (Å²) in [5.41, 5.74) is 1.13. The average Bonchev–Trinajstić information content (AvgIpc) is 3.90. The number of rotatable bonds is 12. The van der Waals surface area contributed by atoms with Crippen molar-refractivity contribution in [2.75, 3.05) is 0 Å². The summed E-state index contributed by atoms with van der Waals surface area (Å²) in [6.45, 7) is 4.18. The average molecular weight is 727 g/mol. The van der Waals surface area contributed by atoms with E-state index in [4.69, 9.17) is 9.47 Å². The molecule has 4 aromatic carbocycles. The predicted molar refractivity (Wildman–Crippen MR) is 197 cm³/mol. The van der Waals surface area contributed by atoms with Crippen molar-refractivity contribution in [2.24, 2.45) is 0 Å². The van der Waals surface area contributed by atoms with E-state index in [-0.39, 0.29) is 17.9 Å². The summed E-state index contributed by atoms with van der Waals surface area (Å²) in [5.74, 6) is -0.970. The Hall–Kier alpha value is -4.98. The highest BCUT2D eigenvalue weighted by Gasteiger charge is 2.47. The van der Waals surface area contributed by atoms with Crippen LogP contribution < -0.4 is 9.47 Å². The highest BCUT2D eigenvalue weighted by molar-refractivity contribution is 5.88. The van der Waals surface area contributed by atoms with Crippen LogP contribution in [0.25, 0.3) is 11.1 Å². The summed E-state index contributed by atoms with van der Waals surface area (Å²) in [6, 6.07) is 17.7. The lowest BCUT2D eigenvalue weighted by Gasteiger charge is -2.39. The molecule has 0 bridgehead atoms. The Bertz CT molecular complexity index is 2110. The van der Waals surface area contributed by atoms with Crippen LogP contribution in [-0.4, -0.2) is 0 Å². The SMILES string of the molecule is CCCCC1(c2c(Oc3ccccc3C(F)(F)F)c(Oc3ccccc3C(F)(F)F)c3c(c2C2(CCCC)C=CC=C2)-c2ccccc2C3)C=CC=C1. The number of ether oxygens (including phenoxy) is 2. The van der Waals surface area contributed by atoms with Gasteiger partial charge in [-0.15, -0.1) is 0 Å². The Balaban J connectivity index is 1.67. The van der Waals surface area contributed by atoms with Gasteiger partial charge >= 0.3 is 12.4 Å². The monoisotopic (exact) mass is 726 g/mol. The maximum Gasteiger partial charge on any atom is 0.419 e. The van der Waals surface area contributed by atoms with Gasteiger partial charge in [0.2, 0.25) is 0 Å². The van der Waals surface area contributed by atoms with Crippen molar-refractivity contribution in [1.82, 2.24) is 0 Å². The van der Waals surface area contributed by atoms with E-state index in [2.05, 4.69) is 26.0 Å². The number of benzene rings is 4. The minimum atomic E-state index is -4.78. The lowest BCUT2D eigenvalue weighted by molar-refractivity contribution is -0.139. The third kappa shape index (κ3) is 6.62. The molecule has 3 aliphatic rings. The van der Waals surface area contributed by atoms with Gasteiger partial charge in [0.1, 0.15) is 11.5 Å². The summed E-state index contributed by atoms with van der Waals surface area (Å²) in [7, 11) is 0. The number of hydrogen-bond donors (Lipinski definition) is 0. The van der Waals surface area contributed by atoms with Gasteiger partial charge in [-0.3, -0.25) is 0 Å². The van der Waals surface area contributed by atoms with Crippen molar-refractivity contribution in [3.8, 4) is 34.1 Å². The number of unbranched alkanes of at least 4 members (excludes halogenated alkanes) is 2. The first-order valence-electron chi connectivity index (χ1n) is 18.2. The molecule has 0 aliphatic heterocycles.